The monoisotopic (exact) mass is 513 g/mol. The maximum absolute atomic E-state index is 7.53. The predicted octanol–water partition coefficient (Wildman–Crippen LogP) is 9.73. The summed E-state index contributed by atoms with van der Waals surface area (Å²) in [5.41, 5.74) is 10.2. The van der Waals surface area contributed by atoms with E-state index >= 15 is 0 Å². The van der Waals surface area contributed by atoms with Crippen LogP contribution >= 0.6 is 0 Å². The number of aryl methyl sites for hydroxylation is 2. The van der Waals surface area contributed by atoms with Crippen molar-refractivity contribution in [3.05, 3.63) is 101 Å². The van der Waals surface area contributed by atoms with Crippen molar-refractivity contribution in [1.82, 2.24) is 0 Å². The highest BCUT2D eigenvalue weighted by Gasteiger charge is 2.47. The Morgan fingerprint density at radius 1 is 0.757 bits per heavy atom. The summed E-state index contributed by atoms with van der Waals surface area (Å²) in [6.07, 6.45) is 1.13. The minimum Gasteiger partial charge on any atom is -0.409 e. The van der Waals surface area contributed by atoms with E-state index in [1.165, 1.54) is 33.5 Å². The maximum Gasteiger partial charge on any atom is 0.201 e. The summed E-state index contributed by atoms with van der Waals surface area (Å²) in [6, 6.07) is 26.6. The Kier molecular flexibility index (Phi) is 8.65. The lowest BCUT2D eigenvalue weighted by Crippen LogP contribution is -2.48. The number of benzene rings is 3. The van der Waals surface area contributed by atoms with E-state index in [2.05, 4.69) is 133 Å². The summed E-state index contributed by atoms with van der Waals surface area (Å²) in [7, 11) is -2.05. The van der Waals surface area contributed by atoms with Crippen molar-refractivity contribution >= 4 is 14.0 Å². The molecule has 4 rings (SSSR count). The lowest BCUT2D eigenvalue weighted by Gasteiger charge is -2.45. The van der Waals surface area contributed by atoms with Crippen molar-refractivity contribution in [2.75, 3.05) is 11.4 Å². The van der Waals surface area contributed by atoms with Gasteiger partial charge in [0.1, 0.15) is 0 Å². The van der Waals surface area contributed by atoms with Crippen LogP contribution in [0.2, 0.25) is 16.6 Å². The van der Waals surface area contributed by atoms with Gasteiger partial charge in [0, 0.05) is 24.7 Å². The fraction of sp³-hybridized carbons (Fsp3) is 0.471. The van der Waals surface area contributed by atoms with Gasteiger partial charge in [0.2, 0.25) is 8.32 Å². The predicted molar refractivity (Wildman–Crippen MR) is 162 cm³/mol. The normalized spacial score (nSPS) is 16.6. The average molecular weight is 514 g/mol. The van der Waals surface area contributed by atoms with E-state index < -0.39 is 8.32 Å². The Balaban J connectivity index is 1.73. The zero-order chi connectivity index (χ0) is 26.7. The maximum atomic E-state index is 7.53. The molecule has 3 heteroatoms. The minimum atomic E-state index is -2.05. The number of anilines is 1. The second kappa shape index (κ2) is 11.6. The second-order valence-corrected chi connectivity index (χ2v) is 17.5. The molecule has 2 nitrogen and oxygen atoms in total. The van der Waals surface area contributed by atoms with Crippen LogP contribution in [0.4, 0.5) is 5.69 Å². The lowest BCUT2D eigenvalue weighted by molar-refractivity contribution is 0.158. The molecule has 0 aliphatic carbocycles. The molecule has 0 aromatic heterocycles. The van der Waals surface area contributed by atoms with Gasteiger partial charge >= 0.3 is 0 Å². The second-order valence-electron chi connectivity index (χ2n) is 12.1. The van der Waals surface area contributed by atoms with E-state index in [1.807, 2.05) is 0 Å². The molecule has 0 amide bonds. The first kappa shape index (κ1) is 27.7. The van der Waals surface area contributed by atoms with Gasteiger partial charge in [0.25, 0.3) is 0 Å². The first-order valence-electron chi connectivity index (χ1n) is 14.3. The fourth-order valence-corrected chi connectivity index (χ4v) is 12.7. The van der Waals surface area contributed by atoms with Gasteiger partial charge in [-0.05, 0) is 64.7 Å². The molecule has 1 aliphatic rings. The summed E-state index contributed by atoms with van der Waals surface area (Å²) in [4.78, 5) is 2.62. The topological polar surface area (TPSA) is 12.5 Å². The van der Waals surface area contributed by atoms with E-state index in [0.717, 1.165) is 19.5 Å². The largest absolute Gasteiger partial charge is 0.409 e. The quantitative estimate of drug-likeness (QED) is 0.250. The van der Waals surface area contributed by atoms with Crippen molar-refractivity contribution in [1.29, 1.82) is 0 Å². The molecule has 0 bridgehead atoms. The summed E-state index contributed by atoms with van der Waals surface area (Å²) < 4.78 is 7.53. The van der Waals surface area contributed by atoms with Crippen LogP contribution in [-0.4, -0.2) is 14.9 Å². The Morgan fingerprint density at radius 3 is 1.86 bits per heavy atom. The van der Waals surface area contributed by atoms with Crippen LogP contribution in [0.1, 0.15) is 87.8 Å². The molecule has 198 valence electrons. The number of nitrogens with zero attached hydrogens (tertiary/aromatic N) is 1. The molecule has 3 aromatic rings. The van der Waals surface area contributed by atoms with Crippen LogP contribution in [0.15, 0.2) is 72.8 Å². The van der Waals surface area contributed by atoms with E-state index in [1.54, 1.807) is 0 Å². The van der Waals surface area contributed by atoms with Gasteiger partial charge in [0.05, 0.1) is 6.10 Å². The minimum absolute atomic E-state index is 0.106. The molecule has 0 radical (unpaired) electrons. The van der Waals surface area contributed by atoms with Gasteiger partial charge in [-0.15, -0.1) is 0 Å². The molecule has 0 saturated heterocycles. The van der Waals surface area contributed by atoms with Crippen molar-refractivity contribution < 1.29 is 4.43 Å². The summed E-state index contributed by atoms with van der Waals surface area (Å²) >= 11 is 0. The average Bonchev–Trinajstić information content (AvgIpc) is 3.23. The van der Waals surface area contributed by atoms with Gasteiger partial charge in [-0.3, -0.25) is 0 Å². The molecule has 2 unspecified atom stereocenters. The molecule has 0 spiro atoms. The van der Waals surface area contributed by atoms with Crippen LogP contribution in [0.5, 0.6) is 0 Å². The van der Waals surface area contributed by atoms with Crippen LogP contribution in [0, 0.1) is 13.8 Å². The van der Waals surface area contributed by atoms with E-state index in [4.69, 9.17) is 4.43 Å². The fourth-order valence-electron chi connectivity index (χ4n) is 7.17. The molecule has 0 saturated carbocycles. The van der Waals surface area contributed by atoms with Gasteiger partial charge in [-0.2, -0.15) is 0 Å². The zero-order valence-corrected chi connectivity index (χ0v) is 25.3. The third kappa shape index (κ3) is 5.59. The van der Waals surface area contributed by atoms with Crippen molar-refractivity contribution in [3.8, 4) is 0 Å². The number of hydrogen-bond donors (Lipinski definition) is 0. The van der Waals surface area contributed by atoms with Crippen molar-refractivity contribution in [2.24, 2.45) is 0 Å². The number of rotatable bonds is 10. The van der Waals surface area contributed by atoms with E-state index in [0.29, 0.717) is 22.5 Å². The molecule has 0 N–H and O–H groups in total. The first-order chi connectivity index (χ1) is 17.6. The summed E-state index contributed by atoms with van der Waals surface area (Å²) in [6.45, 7) is 21.0. The number of hydrogen-bond acceptors (Lipinski definition) is 2. The Bertz CT molecular complexity index is 1130. The highest BCUT2D eigenvalue weighted by Crippen LogP contribution is 2.50. The molecule has 0 fully saturated rings. The molecular formula is C34H47NOSi. The van der Waals surface area contributed by atoms with Gasteiger partial charge in [-0.1, -0.05) is 114 Å². The molecule has 1 heterocycles. The highest BCUT2D eigenvalue weighted by molar-refractivity contribution is 6.77. The van der Waals surface area contributed by atoms with Crippen molar-refractivity contribution in [3.63, 3.8) is 0 Å². The number of fused-ring (bicyclic) bond motifs is 1. The summed E-state index contributed by atoms with van der Waals surface area (Å²) in [5.74, 6) is 0.446. The SMILES string of the molecule is Cc1ccc(C)c2c1C(CC(O[Si](C(C)C)(C(C)C)C(C)C)c1ccccc1)CN2Cc1ccccc1. The van der Waals surface area contributed by atoms with Gasteiger partial charge in [0.15, 0.2) is 0 Å². The molecule has 3 aromatic carbocycles. The van der Waals surface area contributed by atoms with Crippen molar-refractivity contribution in [2.45, 2.75) is 97.0 Å². The van der Waals surface area contributed by atoms with Crippen LogP contribution in [0.25, 0.3) is 0 Å². The standard InChI is InChI=1S/C34H47NOSi/c1-24(2)37(25(3)4,26(5)6)36-32(30-17-13-10-14-18-30)21-31-23-35(22-29-15-11-9-12-16-29)34-28(8)20-19-27(7)33(31)34/h9-20,24-26,31-32H,21-23H2,1-8H3. The van der Waals surface area contributed by atoms with Crippen LogP contribution in [-0.2, 0) is 11.0 Å². The third-order valence-corrected chi connectivity index (χ3v) is 14.8. The van der Waals surface area contributed by atoms with Gasteiger partial charge in [-0.25, -0.2) is 0 Å². The van der Waals surface area contributed by atoms with Gasteiger partial charge < -0.3 is 9.33 Å². The van der Waals surface area contributed by atoms with E-state index in [9.17, 15) is 0 Å². The third-order valence-electron chi connectivity index (χ3n) is 8.74. The Labute approximate surface area is 227 Å². The smallest absolute Gasteiger partial charge is 0.201 e. The highest BCUT2D eigenvalue weighted by atomic mass is 28.4. The van der Waals surface area contributed by atoms with Crippen LogP contribution in [0.3, 0.4) is 0 Å². The summed E-state index contributed by atoms with van der Waals surface area (Å²) in [5, 5.41) is 0. The molecule has 1 aliphatic heterocycles. The Morgan fingerprint density at radius 2 is 1.30 bits per heavy atom. The molecule has 2 atom stereocenters. The lowest BCUT2D eigenvalue weighted by atomic mass is 9.89. The molecule has 37 heavy (non-hydrogen) atoms. The first-order valence-corrected chi connectivity index (χ1v) is 16.4. The zero-order valence-electron chi connectivity index (χ0n) is 24.3. The van der Waals surface area contributed by atoms with Crippen LogP contribution < -0.4 is 4.90 Å². The van der Waals surface area contributed by atoms with E-state index in [-0.39, 0.29) is 6.10 Å². The Hall–Kier alpha value is -2.36. The molecular weight excluding hydrogens is 466 g/mol.